The van der Waals surface area contributed by atoms with Gasteiger partial charge in [0, 0.05) is 19.0 Å². The van der Waals surface area contributed by atoms with E-state index in [9.17, 15) is 19.7 Å². The number of carboxylic acid groups (broad SMARTS) is 1. The highest BCUT2D eigenvalue weighted by Gasteiger charge is 2.38. The Morgan fingerprint density at radius 1 is 1.23 bits per heavy atom. The Morgan fingerprint density at radius 3 is 2.65 bits per heavy atom. The van der Waals surface area contributed by atoms with Crippen molar-refractivity contribution in [1.29, 1.82) is 0 Å². The number of amides is 1. The van der Waals surface area contributed by atoms with Crippen molar-refractivity contribution < 1.29 is 24.4 Å². The van der Waals surface area contributed by atoms with E-state index < -0.39 is 19.0 Å². The number of nitrogens with two attached hydrogens (primary N) is 2. The van der Waals surface area contributed by atoms with E-state index in [1.165, 1.54) is 6.07 Å². The van der Waals surface area contributed by atoms with Gasteiger partial charge in [0.2, 0.25) is 5.91 Å². The molecular weight excluding hydrogens is 401 g/mol. The molecule has 3 rings (SSSR count). The highest BCUT2D eigenvalue weighted by atomic mass is 16.5. The molecule has 10 nitrogen and oxygen atoms in total. The summed E-state index contributed by atoms with van der Waals surface area (Å²) in [4.78, 5) is 27.8. The number of hydrogen-bond acceptors (Lipinski definition) is 6. The fourth-order valence-electron chi connectivity index (χ4n) is 4.27. The molecule has 0 aromatic heterocycles. The predicted octanol–water partition coefficient (Wildman–Crippen LogP) is -0.364. The molecule has 8 N–H and O–H groups in total. The Kier molecular flexibility index (Phi) is 7.75. The summed E-state index contributed by atoms with van der Waals surface area (Å²) < 4.78 is 5.43. The number of aromatic carboxylic acids is 1. The number of fused-ring (bicyclic) bond motifs is 1. The van der Waals surface area contributed by atoms with E-state index in [0.29, 0.717) is 36.9 Å². The van der Waals surface area contributed by atoms with E-state index in [1.807, 2.05) is 0 Å². The fraction of sp³-hybridized carbons (Fsp3) is 0.550. The highest BCUT2D eigenvalue weighted by Crippen LogP contribution is 2.31. The molecule has 1 heterocycles. The van der Waals surface area contributed by atoms with E-state index in [1.54, 1.807) is 12.1 Å². The molecule has 1 amide bonds. The number of hydrogen-bond donors (Lipinski definition) is 6. The van der Waals surface area contributed by atoms with Crippen LogP contribution < -0.4 is 26.8 Å². The quantitative estimate of drug-likeness (QED) is 0.140. The van der Waals surface area contributed by atoms with Crippen LogP contribution in [0.25, 0.3) is 0 Å². The summed E-state index contributed by atoms with van der Waals surface area (Å²) >= 11 is 0. The lowest BCUT2D eigenvalue weighted by Gasteiger charge is -2.31. The molecule has 31 heavy (non-hydrogen) atoms. The summed E-state index contributed by atoms with van der Waals surface area (Å²) in [5.74, 6) is -1.31. The van der Waals surface area contributed by atoms with Crippen molar-refractivity contribution in [2.24, 2.45) is 22.4 Å². The first kappa shape index (κ1) is 22.9. The first-order valence-corrected chi connectivity index (χ1v) is 10.6. The van der Waals surface area contributed by atoms with Gasteiger partial charge in [-0.3, -0.25) is 9.79 Å². The maximum atomic E-state index is 12.5. The fourth-order valence-corrected chi connectivity index (χ4v) is 4.27. The Labute approximate surface area is 181 Å². The van der Waals surface area contributed by atoms with Crippen LogP contribution in [0.1, 0.15) is 48.0 Å². The molecule has 1 saturated carbocycles. The lowest BCUT2D eigenvalue weighted by Crippen LogP contribution is -2.53. The van der Waals surface area contributed by atoms with Gasteiger partial charge in [-0.15, -0.1) is 0 Å². The SMILES string of the molecule is NC(N)=NCCNC1CCC(CC(=O)NC2Cc3cccc(C(=O)O)c3OB2O)CC1. The first-order valence-electron chi connectivity index (χ1n) is 10.6. The molecule has 1 aliphatic carbocycles. The van der Waals surface area contributed by atoms with Crippen LogP contribution in [0.15, 0.2) is 23.2 Å². The largest absolute Gasteiger partial charge is 0.547 e. The Hall–Kier alpha value is -2.79. The van der Waals surface area contributed by atoms with Gasteiger partial charge in [0.25, 0.3) is 0 Å². The third-order valence-electron chi connectivity index (χ3n) is 5.86. The minimum absolute atomic E-state index is 0.00462. The average molecular weight is 431 g/mol. The summed E-state index contributed by atoms with van der Waals surface area (Å²) in [5, 5.41) is 25.8. The Bertz CT molecular complexity index is 824. The molecule has 1 aromatic rings. The lowest BCUT2D eigenvalue weighted by molar-refractivity contribution is -0.122. The van der Waals surface area contributed by atoms with E-state index in [2.05, 4.69) is 15.6 Å². The van der Waals surface area contributed by atoms with Gasteiger partial charge in [-0.05, 0) is 49.7 Å². The second-order valence-electron chi connectivity index (χ2n) is 8.17. The number of carbonyl (C=O) groups excluding carboxylic acids is 1. The van der Waals surface area contributed by atoms with Crippen LogP contribution in [0.2, 0.25) is 0 Å². The van der Waals surface area contributed by atoms with E-state index in [0.717, 1.165) is 32.2 Å². The highest BCUT2D eigenvalue weighted by molar-refractivity contribution is 6.47. The molecule has 1 atom stereocenters. The number of carboxylic acids is 1. The van der Waals surface area contributed by atoms with Crippen molar-refractivity contribution in [3.8, 4) is 5.75 Å². The second-order valence-corrected chi connectivity index (χ2v) is 8.17. The zero-order chi connectivity index (χ0) is 22.4. The molecule has 1 fully saturated rings. The van der Waals surface area contributed by atoms with Gasteiger partial charge < -0.3 is 36.9 Å². The maximum Gasteiger partial charge on any atom is 0.547 e. The first-order chi connectivity index (χ1) is 14.8. The van der Waals surface area contributed by atoms with Crippen LogP contribution in [-0.2, 0) is 11.2 Å². The van der Waals surface area contributed by atoms with E-state index >= 15 is 0 Å². The molecule has 168 valence electrons. The number of guanidine groups is 1. The van der Waals surface area contributed by atoms with Crippen LogP contribution >= 0.6 is 0 Å². The minimum Gasteiger partial charge on any atom is -0.534 e. The van der Waals surface area contributed by atoms with E-state index in [-0.39, 0.29) is 23.2 Å². The summed E-state index contributed by atoms with van der Waals surface area (Å²) in [5.41, 5.74) is 11.3. The van der Waals surface area contributed by atoms with Crippen LogP contribution in [0.4, 0.5) is 0 Å². The molecule has 0 radical (unpaired) electrons. The Morgan fingerprint density at radius 2 is 1.97 bits per heavy atom. The third-order valence-corrected chi connectivity index (χ3v) is 5.86. The molecule has 1 aliphatic heterocycles. The van der Waals surface area contributed by atoms with Crippen LogP contribution in [0.5, 0.6) is 5.75 Å². The molecule has 11 heteroatoms. The summed E-state index contributed by atoms with van der Waals surface area (Å²) in [6.07, 6.45) is 4.58. The van der Waals surface area contributed by atoms with Crippen LogP contribution in [0, 0.1) is 5.92 Å². The normalized spacial score (nSPS) is 22.7. The number of carbonyl (C=O) groups is 2. The molecular formula is C20H30BN5O5. The second kappa shape index (κ2) is 10.5. The lowest BCUT2D eigenvalue weighted by atomic mass is 9.72. The van der Waals surface area contributed by atoms with Gasteiger partial charge in [-0.1, -0.05) is 12.1 Å². The van der Waals surface area contributed by atoms with Gasteiger partial charge >= 0.3 is 13.1 Å². The molecule has 0 spiro atoms. The zero-order valence-corrected chi connectivity index (χ0v) is 17.4. The topological polar surface area (TPSA) is 172 Å². The van der Waals surface area contributed by atoms with Crippen molar-refractivity contribution in [3.05, 3.63) is 29.3 Å². The average Bonchev–Trinajstić information content (AvgIpc) is 2.72. The Balaban J connectivity index is 1.44. The summed E-state index contributed by atoms with van der Waals surface area (Å²) in [7, 11) is -1.29. The molecule has 2 aliphatic rings. The summed E-state index contributed by atoms with van der Waals surface area (Å²) in [6, 6.07) is 5.21. The molecule has 0 bridgehead atoms. The monoisotopic (exact) mass is 431 g/mol. The van der Waals surface area contributed by atoms with E-state index in [4.69, 9.17) is 16.1 Å². The van der Waals surface area contributed by atoms with Gasteiger partial charge in [0.15, 0.2) is 5.96 Å². The van der Waals surface area contributed by atoms with Crippen molar-refractivity contribution >= 4 is 25.0 Å². The maximum absolute atomic E-state index is 12.5. The number of aliphatic imine (C=N–C) groups is 1. The standard InChI is InChI=1S/C20H30BN5O5/c22-20(23)25-9-8-24-14-6-4-12(5-7-14)10-17(27)26-16-11-13-2-1-3-15(19(28)29)18(13)31-21(16)30/h1-3,12,14,16,24,30H,4-11H2,(H,26,27)(H,28,29)(H4,22,23,25). The van der Waals surface area contributed by atoms with Crippen molar-refractivity contribution in [2.75, 3.05) is 13.1 Å². The van der Waals surface area contributed by atoms with Crippen molar-refractivity contribution in [3.63, 3.8) is 0 Å². The van der Waals surface area contributed by atoms with Gasteiger partial charge in [0.05, 0.1) is 18.0 Å². The number of rotatable bonds is 8. The molecule has 0 saturated heterocycles. The number of nitrogens with one attached hydrogen (secondary N) is 2. The smallest absolute Gasteiger partial charge is 0.534 e. The van der Waals surface area contributed by atoms with Gasteiger partial charge in [-0.2, -0.15) is 0 Å². The van der Waals surface area contributed by atoms with Crippen molar-refractivity contribution in [2.45, 2.75) is 50.5 Å². The number of nitrogens with zero attached hydrogens (tertiary/aromatic N) is 1. The minimum atomic E-state index is -1.29. The van der Waals surface area contributed by atoms with Crippen LogP contribution in [-0.4, -0.2) is 60.2 Å². The predicted molar refractivity (Wildman–Crippen MR) is 117 cm³/mol. The number of benzene rings is 1. The van der Waals surface area contributed by atoms with Crippen molar-refractivity contribution in [1.82, 2.24) is 10.6 Å². The molecule has 1 aromatic carbocycles. The summed E-state index contributed by atoms with van der Waals surface area (Å²) in [6.45, 7) is 1.27. The third kappa shape index (κ3) is 6.35. The molecule has 1 unspecified atom stereocenters. The number of para-hydroxylation sites is 1. The van der Waals surface area contributed by atoms with Gasteiger partial charge in [-0.25, -0.2) is 4.79 Å². The zero-order valence-electron chi connectivity index (χ0n) is 17.4. The van der Waals surface area contributed by atoms with Crippen LogP contribution in [0.3, 0.4) is 0 Å². The van der Waals surface area contributed by atoms with Gasteiger partial charge in [0.1, 0.15) is 5.75 Å².